The Morgan fingerprint density at radius 1 is 1.28 bits per heavy atom. The van der Waals surface area contributed by atoms with Crippen LogP contribution in [0.25, 0.3) is 0 Å². The Morgan fingerprint density at radius 3 is 2.72 bits per heavy atom. The smallest absolute Gasteiger partial charge is 0.343 e. The van der Waals surface area contributed by atoms with Crippen molar-refractivity contribution in [2.75, 3.05) is 24.6 Å². The van der Waals surface area contributed by atoms with Gasteiger partial charge in [-0.1, -0.05) is 42.1 Å². The number of aromatic nitrogens is 2. The van der Waals surface area contributed by atoms with Crippen molar-refractivity contribution in [3.05, 3.63) is 47.7 Å². The maximum atomic E-state index is 11.9. The molecule has 0 fully saturated rings. The van der Waals surface area contributed by atoms with Crippen molar-refractivity contribution < 1.29 is 14.3 Å². The molecule has 0 saturated carbocycles. The first-order valence-corrected chi connectivity index (χ1v) is 8.81. The number of nitrogens with zero attached hydrogens (tertiary/aromatic N) is 2. The zero-order valence-corrected chi connectivity index (χ0v) is 14.7. The highest BCUT2D eigenvalue weighted by Crippen LogP contribution is 2.16. The molecular weight excluding hydrogens is 340 g/mol. The quantitative estimate of drug-likeness (QED) is 0.419. The fourth-order valence-corrected chi connectivity index (χ4v) is 2.64. The molecule has 0 radical (unpaired) electrons. The number of esters is 1. The Labute approximate surface area is 150 Å². The number of hydrogen-bond acceptors (Lipinski definition) is 7. The van der Waals surface area contributed by atoms with Crippen LogP contribution in [0, 0.1) is 0 Å². The summed E-state index contributed by atoms with van der Waals surface area (Å²) in [6.07, 6.45) is 2.09. The molecule has 132 valence electrons. The zero-order chi connectivity index (χ0) is 18.1. The van der Waals surface area contributed by atoms with E-state index in [4.69, 9.17) is 10.5 Å². The third-order valence-electron chi connectivity index (χ3n) is 3.20. The van der Waals surface area contributed by atoms with Crippen LogP contribution in [-0.4, -0.2) is 40.7 Å². The first-order chi connectivity index (χ1) is 12.1. The predicted octanol–water partition coefficient (Wildman–Crippen LogP) is 1.69. The molecule has 1 heterocycles. The summed E-state index contributed by atoms with van der Waals surface area (Å²) in [5, 5.41) is 3.18. The van der Waals surface area contributed by atoms with Gasteiger partial charge in [0.1, 0.15) is 11.4 Å². The number of nitrogens with two attached hydrogens (primary N) is 1. The minimum absolute atomic E-state index is 0.0421. The summed E-state index contributed by atoms with van der Waals surface area (Å²) in [6, 6.07) is 9.92. The third kappa shape index (κ3) is 6.07. The molecule has 0 aliphatic rings. The molecule has 0 aliphatic carbocycles. The highest BCUT2D eigenvalue weighted by atomic mass is 32.2. The van der Waals surface area contributed by atoms with Gasteiger partial charge in [-0.3, -0.25) is 4.79 Å². The predicted molar refractivity (Wildman–Crippen MR) is 96.3 cm³/mol. The van der Waals surface area contributed by atoms with E-state index in [1.54, 1.807) is 6.92 Å². The fourth-order valence-electron chi connectivity index (χ4n) is 1.99. The Bertz CT molecular complexity index is 725. The lowest BCUT2D eigenvalue weighted by Gasteiger charge is -2.07. The molecular formula is C17H20N4O3S. The minimum atomic E-state index is -0.560. The summed E-state index contributed by atoms with van der Waals surface area (Å²) in [7, 11) is 0. The van der Waals surface area contributed by atoms with Crippen LogP contribution in [0.3, 0.4) is 0 Å². The van der Waals surface area contributed by atoms with E-state index >= 15 is 0 Å². The average molecular weight is 360 g/mol. The van der Waals surface area contributed by atoms with Gasteiger partial charge in [0.25, 0.3) is 0 Å². The van der Waals surface area contributed by atoms with E-state index < -0.39 is 5.97 Å². The second-order valence-corrected chi connectivity index (χ2v) is 5.99. The van der Waals surface area contributed by atoms with Crippen LogP contribution in [0.2, 0.25) is 0 Å². The molecule has 1 aromatic carbocycles. The van der Waals surface area contributed by atoms with Gasteiger partial charge >= 0.3 is 5.97 Å². The first-order valence-electron chi connectivity index (χ1n) is 7.83. The van der Waals surface area contributed by atoms with Gasteiger partial charge < -0.3 is 15.8 Å². The van der Waals surface area contributed by atoms with E-state index in [1.807, 2.05) is 30.3 Å². The third-order valence-corrected chi connectivity index (χ3v) is 4.06. The Morgan fingerprint density at radius 2 is 2.04 bits per heavy atom. The number of hydrogen-bond donors (Lipinski definition) is 2. The standard InChI is InChI=1S/C17H20N4O3S/c1-2-24-16(23)13-10-20-17(21-15(13)18)25-11-14(22)19-9-8-12-6-4-3-5-7-12/h3-7,10H,2,8-9,11H2,1H3,(H,19,22)(H2,18,20,21). The highest BCUT2D eigenvalue weighted by Gasteiger charge is 2.14. The maximum absolute atomic E-state index is 11.9. The largest absolute Gasteiger partial charge is 0.462 e. The number of amides is 1. The molecule has 1 amide bonds. The van der Waals surface area contributed by atoms with E-state index in [1.165, 1.54) is 11.8 Å². The highest BCUT2D eigenvalue weighted by molar-refractivity contribution is 7.99. The first kappa shape index (κ1) is 18.7. The van der Waals surface area contributed by atoms with Crippen LogP contribution in [0.1, 0.15) is 22.8 Å². The van der Waals surface area contributed by atoms with Gasteiger partial charge in [0.15, 0.2) is 5.16 Å². The number of nitrogens with one attached hydrogen (secondary N) is 1. The van der Waals surface area contributed by atoms with Crippen molar-refractivity contribution >= 4 is 29.5 Å². The van der Waals surface area contributed by atoms with Crippen LogP contribution in [-0.2, 0) is 16.0 Å². The van der Waals surface area contributed by atoms with Crippen molar-refractivity contribution in [2.24, 2.45) is 0 Å². The molecule has 3 N–H and O–H groups in total. The van der Waals surface area contributed by atoms with Crippen molar-refractivity contribution in [1.29, 1.82) is 0 Å². The molecule has 0 bridgehead atoms. The van der Waals surface area contributed by atoms with Crippen molar-refractivity contribution in [3.8, 4) is 0 Å². The fraction of sp³-hybridized carbons (Fsp3) is 0.294. The van der Waals surface area contributed by atoms with Gasteiger partial charge in [0.05, 0.1) is 12.4 Å². The lowest BCUT2D eigenvalue weighted by atomic mass is 10.1. The number of ether oxygens (including phenoxy) is 1. The lowest BCUT2D eigenvalue weighted by Crippen LogP contribution is -2.27. The van der Waals surface area contributed by atoms with E-state index in [2.05, 4.69) is 15.3 Å². The van der Waals surface area contributed by atoms with Crippen LogP contribution >= 0.6 is 11.8 Å². The zero-order valence-electron chi connectivity index (χ0n) is 13.9. The molecule has 0 saturated heterocycles. The van der Waals surface area contributed by atoms with E-state index in [0.29, 0.717) is 11.7 Å². The summed E-state index contributed by atoms with van der Waals surface area (Å²) < 4.78 is 4.86. The molecule has 2 rings (SSSR count). The average Bonchev–Trinajstić information content (AvgIpc) is 2.61. The number of thioether (sulfide) groups is 1. The van der Waals surface area contributed by atoms with Crippen molar-refractivity contribution in [1.82, 2.24) is 15.3 Å². The molecule has 1 aromatic heterocycles. The van der Waals surface area contributed by atoms with Gasteiger partial charge in [0, 0.05) is 12.7 Å². The van der Waals surface area contributed by atoms with Crippen LogP contribution in [0.15, 0.2) is 41.7 Å². The van der Waals surface area contributed by atoms with Crippen LogP contribution < -0.4 is 11.1 Å². The summed E-state index contributed by atoms with van der Waals surface area (Å²) >= 11 is 1.16. The van der Waals surface area contributed by atoms with E-state index in [-0.39, 0.29) is 29.6 Å². The number of anilines is 1. The summed E-state index contributed by atoms with van der Waals surface area (Å²) in [5.74, 6) is -0.458. The second-order valence-electron chi connectivity index (χ2n) is 5.05. The molecule has 2 aromatic rings. The number of rotatable bonds is 8. The normalized spacial score (nSPS) is 10.3. The van der Waals surface area contributed by atoms with Gasteiger partial charge in [-0.2, -0.15) is 0 Å². The van der Waals surface area contributed by atoms with E-state index in [9.17, 15) is 9.59 Å². The molecule has 0 atom stereocenters. The number of nitrogen functional groups attached to an aromatic ring is 1. The minimum Gasteiger partial charge on any atom is -0.462 e. The van der Waals surface area contributed by atoms with Crippen LogP contribution in [0.4, 0.5) is 5.82 Å². The number of carbonyl (C=O) groups excluding carboxylic acids is 2. The number of carbonyl (C=O) groups is 2. The summed E-state index contributed by atoms with van der Waals surface area (Å²) in [6.45, 7) is 2.52. The van der Waals surface area contributed by atoms with Gasteiger partial charge in [0.2, 0.25) is 5.91 Å². The molecule has 0 unspecified atom stereocenters. The van der Waals surface area contributed by atoms with Gasteiger partial charge in [-0.05, 0) is 18.9 Å². The van der Waals surface area contributed by atoms with Gasteiger partial charge in [-0.15, -0.1) is 0 Å². The molecule has 7 nitrogen and oxygen atoms in total. The molecule has 8 heteroatoms. The van der Waals surface area contributed by atoms with E-state index in [0.717, 1.165) is 18.2 Å². The Hall–Kier alpha value is -2.61. The summed E-state index contributed by atoms with van der Waals surface area (Å²) in [5.41, 5.74) is 7.03. The monoisotopic (exact) mass is 360 g/mol. The van der Waals surface area contributed by atoms with Crippen molar-refractivity contribution in [3.63, 3.8) is 0 Å². The molecule has 25 heavy (non-hydrogen) atoms. The second kappa shape index (κ2) is 9.63. The number of benzene rings is 1. The maximum Gasteiger partial charge on any atom is 0.343 e. The molecule has 0 aliphatic heterocycles. The lowest BCUT2D eigenvalue weighted by molar-refractivity contribution is -0.118. The summed E-state index contributed by atoms with van der Waals surface area (Å²) in [4.78, 5) is 31.5. The topological polar surface area (TPSA) is 107 Å². The van der Waals surface area contributed by atoms with Crippen molar-refractivity contribution in [2.45, 2.75) is 18.5 Å². The Balaban J connectivity index is 1.77. The van der Waals surface area contributed by atoms with Crippen LogP contribution in [0.5, 0.6) is 0 Å². The molecule has 0 spiro atoms. The van der Waals surface area contributed by atoms with Gasteiger partial charge in [-0.25, -0.2) is 14.8 Å². The Kier molecular flexibility index (Phi) is 7.21. The SMILES string of the molecule is CCOC(=O)c1cnc(SCC(=O)NCCc2ccccc2)nc1N.